The van der Waals surface area contributed by atoms with E-state index in [0.29, 0.717) is 22.8 Å². The molecule has 0 bridgehead atoms. The van der Waals surface area contributed by atoms with E-state index in [9.17, 15) is 4.79 Å². The average Bonchev–Trinajstić information content (AvgIpc) is 3.58. The van der Waals surface area contributed by atoms with Crippen LogP contribution in [0.15, 0.2) is 59.8 Å². The summed E-state index contributed by atoms with van der Waals surface area (Å²) in [7, 11) is 0. The molecule has 168 valence electrons. The second-order valence-corrected chi connectivity index (χ2v) is 9.14. The highest BCUT2D eigenvalue weighted by Gasteiger charge is 2.28. The minimum absolute atomic E-state index is 0.0651. The summed E-state index contributed by atoms with van der Waals surface area (Å²) in [6.45, 7) is 4.26. The van der Waals surface area contributed by atoms with Crippen LogP contribution in [0, 0.1) is 0 Å². The number of ether oxygens (including phenoxy) is 1. The number of benzene rings is 1. The number of rotatable bonds is 5. The van der Waals surface area contributed by atoms with Gasteiger partial charge in [-0.15, -0.1) is 0 Å². The van der Waals surface area contributed by atoms with Gasteiger partial charge >= 0.3 is 0 Å². The third-order valence-electron chi connectivity index (χ3n) is 6.62. The lowest BCUT2D eigenvalue weighted by Crippen LogP contribution is -2.24. The molecule has 1 fully saturated rings. The molecule has 8 heteroatoms. The van der Waals surface area contributed by atoms with Crippen molar-refractivity contribution in [3.05, 3.63) is 81.6 Å². The molecule has 2 aliphatic heterocycles. The Morgan fingerprint density at radius 1 is 1.06 bits per heavy atom. The summed E-state index contributed by atoms with van der Waals surface area (Å²) in [5.41, 5.74) is 3.28. The fourth-order valence-corrected chi connectivity index (χ4v) is 4.94. The van der Waals surface area contributed by atoms with Gasteiger partial charge in [0.1, 0.15) is 11.9 Å². The van der Waals surface area contributed by atoms with Crippen molar-refractivity contribution in [2.24, 2.45) is 0 Å². The van der Waals surface area contributed by atoms with Crippen LogP contribution in [-0.2, 0) is 13.0 Å². The highest BCUT2D eigenvalue weighted by Crippen LogP contribution is 2.34. The molecule has 1 aromatic carbocycles. The first-order valence-corrected chi connectivity index (χ1v) is 11.7. The summed E-state index contributed by atoms with van der Waals surface area (Å²) in [6, 6.07) is 11.5. The van der Waals surface area contributed by atoms with E-state index in [1.165, 1.54) is 25.9 Å². The summed E-state index contributed by atoms with van der Waals surface area (Å²) < 4.78 is 9.75. The van der Waals surface area contributed by atoms with Gasteiger partial charge in [-0.3, -0.25) is 19.0 Å². The predicted molar refractivity (Wildman–Crippen MR) is 127 cm³/mol. The van der Waals surface area contributed by atoms with E-state index >= 15 is 0 Å². The lowest BCUT2D eigenvalue weighted by Gasteiger charge is -2.14. The maximum atomic E-state index is 13.3. The van der Waals surface area contributed by atoms with E-state index in [1.54, 1.807) is 23.0 Å². The minimum atomic E-state index is -0.280. The van der Waals surface area contributed by atoms with Crippen molar-refractivity contribution >= 4 is 22.5 Å². The molecule has 0 N–H and O–H groups in total. The molecule has 5 heterocycles. The number of hydrogen-bond acceptors (Lipinski definition) is 5. The third-order valence-corrected chi connectivity index (χ3v) is 6.84. The second-order valence-electron chi connectivity index (χ2n) is 8.71. The standard InChI is InChI=1S/C25H24ClN5O2/c26-18-3-5-21(27-16-18)24-14-20-23(33-24)7-10-30(25(20)32)19-4-6-22-17(13-19)15-28-31(22)12-11-29-8-1-2-9-29/h3-7,10,13,15-16,24H,1-2,8-9,11-12,14H2. The highest BCUT2D eigenvalue weighted by atomic mass is 35.5. The zero-order chi connectivity index (χ0) is 22.4. The van der Waals surface area contributed by atoms with Gasteiger partial charge in [-0.05, 0) is 62.3 Å². The summed E-state index contributed by atoms with van der Waals surface area (Å²) in [6.07, 6.45) is 8.05. The Morgan fingerprint density at radius 3 is 2.76 bits per heavy atom. The average molecular weight is 462 g/mol. The number of pyridine rings is 2. The quantitative estimate of drug-likeness (QED) is 0.449. The predicted octanol–water partition coefficient (Wildman–Crippen LogP) is 4.01. The molecule has 1 saturated heterocycles. The Bertz CT molecular complexity index is 1370. The molecule has 4 aromatic rings. The van der Waals surface area contributed by atoms with E-state index in [0.717, 1.165) is 35.4 Å². The maximum Gasteiger partial charge on any atom is 0.262 e. The topological polar surface area (TPSA) is 65.2 Å². The second kappa shape index (κ2) is 8.32. The van der Waals surface area contributed by atoms with E-state index in [1.807, 2.05) is 30.5 Å². The van der Waals surface area contributed by atoms with Crippen LogP contribution >= 0.6 is 11.6 Å². The molecule has 1 atom stereocenters. The number of likely N-dealkylation sites (tertiary alicyclic amines) is 1. The molecule has 0 saturated carbocycles. The largest absolute Gasteiger partial charge is 0.483 e. The van der Waals surface area contributed by atoms with Crippen LogP contribution in [0.4, 0.5) is 0 Å². The maximum absolute atomic E-state index is 13.3. The number of aromatic nitrogens is 4. The first kappa shape index (κ1) is 20.4. The molecule has 0 aliphatic carbocycles. The number of nitrogens with zero attached hydrogens (tertiary/aromatic N) is 5. The van der Waals surface area contributed by atoms with Gasteiger partial charge in [0, 0.05) is 36.4 Å². The van der Waals surface area contributed by atoms with Gasteiger partial charge in [-0.1, -0.05) is 11.6 Å². The van der Waals surface area contributed by atoms with Gasteiger partial charge in [0.2, 0.25) is 0 Å². The Labute approximate surface area is 196 Å². The number of fused-ring (bicyclic) bond motifs is 2. The number of halogens is 1. The lowest BCUT2D eigenvalue weighted by molar-refractivity contribution is 0.233. The van der Waals surface area contributed by atoms with Crippen molar-refractivity contribution in [3.63, 3.8) is 0 Å². The van der Waals surface area contributed by atoms with Crippen molar-refractivity contribution in [2.45, 2.75) is 31.9 Å². The lowest BCUT2D eigenvalue weighted by atomic mass is 10.1. The van der Waals surface area contributed by atoms with Crippen molar-refractivity contribution in [3.8, 4) is 11.4 Å². The van der Waals surface area contributed by atoms with Gasteiger partial charge in [0.25, 0.3) is 5.56 Å². The third kappa shape index (κ3) is 3.81. The molecule has 1 unspecified atom stereocenters. The fraction of sp³-hybridized carbons (Fsp3) is 0.320. The Kier molecular flexibility index (Phi) is 5.15. The van der Waals surface area contributed by atoms with Crippen molar-refractivity contribution in [1.82, 2.24) is 24.2 Å². The first-order chi connectivity index (χ1) is 16.2. The Morgan fingerprint density at radius 2 is 1.94 bits per heavy atom. The Balaban J connectivity index is 1.26. The van der Waals surface area contributed by atoms with Crippen LogP contribution in [0.2, 0.25) is 5.02 Å². The van der Waals surface area contributed by atoms with Crippen molar-refractivity contribution in [1.29, 1.82) is 0 Å². The van der Waals surface area contributed by atoms with Crippen LogP contribution in [0.3, 0.4) is 0 Å². The molecule has 0 amide bonds. The van der Waals surface area contributed by atoms with E-state index in [4.69, 9.17) is 16.3 Å². The summed E-state index contributed by atoms with van der Waals surface area (Å²) >= 11 is 5.95. The normalized spacial score (nSPS) is 18.0. The molecule has 0 radical (unpaired) electrons. The molecular formula is C25H24ClN5O2. The first-order valence-electron chi connectivity index (χ1n) is 11.4. The van der Waals surface area contributed by atoms with Crippen molar-refractivity contribution in [2.75, 3.05) is 19.6 Å². The molecule has 2 aliphatic rings. The molecule has 33 heavy (non-hydrogen) atoms. The zero-order valence-corrected chi connectivity index (χ0v) is 18.9. The summed E-state index contributed by atoms with van der Waals surface area (Å²) in [5.74, 6) is 0.619. The molecule has 3 aromatic heterocycles. The van der Waals surface area contributed by atoms with Gasteiger partial charge in [0.05, 0.1) is 34.5 Å². The van der Waals surface area contributed by atoms with Crippen LogP contribution in [0.25, 0.3) is 16.6 Å². The van der Waals surface area contributed by atoms with Crippen LogP contribution in [0.1, 0.15) is 30.2 Å². The van der Waals surface area contributed by atoms with Gasteiger partial charge in [-0.25, -0.2) is 0 Å². The minimum Gasteiger partial charge on any atom is -0.483 e. The van der Waals surface area contributed by atoms with E-state index in [-0.39, 0.29) is 11.7 Å². The summed E-state index contributed by atoms with van der Waals surface area (Å²) in [5, 5.41) is 6.19. The SMILES string of the molecule is O=c1c2c(ccn1-c1ccc3c(cnn3CCN3CCCC3)c1)OC(c1ccc(Cl)cn1)C2. The monoisotopic (exact) mass is 461 g/mol. The Hall–Kier alpha value is -3.16. The molecule has 0 spiro atoms. The molecule has 7 nitrogen and oxygen atoms in total. The smallest absolute Gasteiger partial charge is 0.262 e. The van der Waals surface area contributed by atoms with E-state index < -0.39 is 0 Å². The zero-order valence-electron chi connectivity index (χ0n) is 18.2. The van der Waals surface area contributed by atoms with Crippen LogP contribution < -0.4 is 10.3 Å². The van der Waals surface area contributed by atoms with Gasteiger partial charge < -0.3 is 9.64 Å². The highest BCUT2D eigenvalue weighted by molar-refractivity contribution is 6.30. The molecular weight excluding hydrogens is 438 g/mol. The van der Waals surface area contributed by atoms with Crippen LogP contribution in [0.5, 0.6) is 5.75 Å². The summed E-state index contributed by atoms with van der Waals surface area (Å²) in [4.78, 5) is 20.1. The van der Waals surface area contributed by atoms with Gasteiger partial charge in [-0.2, -0.15) is 5.10 Å². The van der Waals surface area contributed by atoms with Crippen molar-refractivity contribution < 1.29 is 4.74 Å². The van der Waals surface area contributed by atoms with Gasteiger partial charge in [0.15, 0.2) is 0 Å². The number of hydrogen-bond donors (Lipinski definition) is 0. The molecule has 6 rings (SSSR count). The fourth-order valence-electron chi connectivity index (χ4n) is 4.83. The van der Waals surface area contributed by atoms with E-state index in [2.05, 4.69) is 25.7 Å². The van der Waals surface area contributed by atoms with Crippen LogP contribution in [-0.4, -0.2) is 43.9 Å².